The van der Waals surface area contributed by atoms with E-state index in [-0.39, 0.29) is 17.4 Å². The third-order valence-electron chi connectivity index (χ3n) is 7.77. The molecule has 0 heterocycles. The lowest BCUT2D eigenvalue weighted by Crippen LogP contribution is -2.60. The molecule has 166 valence electrons. The van der Waals surface area contributed by atoms with Crippen LogP contribution in [0.2, 0.25) is 0 Å². The van der Waals surface area contributed by atoms with Crippen molar-refractivity contribution in [1.29, 1.82) is 0 Å². The van der Waals surface area contributed by atoms with E-state index < -0.39 is 5.54 Å². The van der Waals surface area contributed by atoms with Crippen molar-refractivity contribution in [3.8, 4) is 12.3 Å². The fourth-order valence-corrected chi connectivity index (χ4v) is 7.32. The third-order valence-corrected chi connectivity index (χ3v) is 8.84. The molecule has 5 heteroatoms. The zero-order valence-corrected chi connectivity index (χ0v) is 19.5. The maximum Gasteiger partial charge on any atom is 0.253 e. The molecule has 4 aliphatic rings. The van der Waals surface area contributed by atoms with Gasteiger partial charge in [0.05, 0.1) is 11.3 Å². The largest absolute Gasteiger partial charge is 0.350 e. The number of carbonyl (C=O) groups is 2. The molecule has 4 aliphatic carbocycles. The van der Waals surface area contributed by atoms with E-state index in [0.29, 0.717) is 24.2 Å². The smallest absolute Gasteiger partial charge is 0.253 e. The molecular weight excluding hydrogens is 404 g/mol. The number of terminal acetylenes is 1. The molecule has 31 heavy (non-hydrogen) atoms. The number of amides is 2. The molecule has 2 N–H and O–H groups in total. The third kappa shape index (κ3) is 4.65. The van der Waals surface area contributed by atoms with E-state index in [2.05, 4.69) is 16.6 Å². The summed E-state index contributed by atoms with van der Waals surface area (Å²) in [6.07, 6.45) is 14.6. The molecule has 5 rings (SSSR count). The number of rotatable bonds is 8. The van der Waals surface area contributed by atoms with E-state index in [4.69, 9.17) is 6.42 Å². The van der Waals surface area contributed by atoms with Crippen LogP contribution in [0.1, 0.15) is 75.6 Å². The summed E-state index contributed by atoms with van der Waals surface area (Å²) in [6, 6.07) is 7.47. The minimum atomic E-state index is -0.634. The number of benzene rings is 1. The monoisotopic (exact) mass is 438 g/mol. The summed E-state index contributed by atoms with van der Waals surface area (Å²) >= 11 is 1.44. The van der Waals surface area contributed by atoms with Crippen molar-refractivity contribution in [1.82, 2.24) is 10.6 Å². The standard InChI is InChI=1S/C26H34N2O2S/c1-4-25(5-2,6-3)28-24(30)21-9-7-8-10-22(21)31-17-23(29)27-26-14-18-11-19(15-26)13-20(12-18)16-26/h1,7-10,18-20H,5-6,11-17H2,2-3H3,(H,27,29)(H,28,30). The number of hydrogen-bond acceptors (Lipinski definition) is 3. The Morgan fingerprint density at radius 1 is 1.10 bits per heavy atom. The molecule has 0 aromatic heterocycles. The predicted molar refractivity (Wildman–Crippen MR) is 126 cm³/mol. The Morgan fingerprint density at radius 2 is 1.68 bits per heavy atom. The van der Waals surface area contributed by atoms with Crippen LogP contribution in [0.3, 0.4) is 0 Å². The molecule has 4 saturated carbocycles. The molecule has 4 nitrogen and oxygen atoms in total. The summed E-state index contributed by atoms with van der Waals surface area (Å²) in [5, 5.41) is 6.46. The SMILES string of the molecule is C#CC(CC)(CC)NC(=O)c1ccccc1SCC(=O)NC12CC3CC(CC(C3)C1)C2. The van der Waals surface area contributed by atoms with Crippen LogP contribution >= 0.6 is 11.8 Å². The Hall–Kier alpha value is -1.93. The van der Waals surface area contributed by atoms with Gasteiger partial charge in [-0.15, -0.1) is 18.2 Å². The van der Waals surface area contributed by atoms with Gasteiger partial charge in [0.25, 0.3) is 5.91 Å². The zero-order valence-electron chi connectivity index (χ0n) is 18.7. The highest BCUT2D eigenvalue weighted by Gasteiger charge is 2.51. The van der Waals surface area contributed by atoms with Crippen LogP contribution in [-0.2, 0) is 4.79 Å². The van der Waals surface area contributed by atoms with Gasteiger partial charge in [-0.2, -0.15) is 0 Å². The van der Waals surface area contributed by atoms with Crippen molar-refractivity contribution in [2.75, 3.05) is 5.75 Å². The van der Waals surface area contributed by atoms with Gasteiger partial charge < -0.3 is 10.6 Å². The normalized spacial score (nSPS) is 28.7. The lowest BCUT2D eigenvalue weighted by atomic mass is 9.53. The fraction of sp³-hybridized carbons (Fsp3) is 0.615. The Labute approximate surface area is 190 Å². The van der Waals surface area contributed by atoms with Crippen LogP contribution in [0.25, 0.3) is 0 Å². The van der Waals surface area contributed by atoms with Crippen LogP contribution in [-0.4, -0.2) is 28.6 Å². The first-order valence-corrected chi connectivity index (χ1v) is 12.7. The van der Waals surface area contributed by atoms with Crippen molar-refractivity contribution < 1.29 is 9.59 Å². The molecule has 0 radical (unpaired) electrons. The molecule has 1 aromatic rings. The molecule has 0 saturated heterocycles. The summed E-state index contributed by atoms with van der Waals surface area (Å²) in [5.41, 5.74) is -0.0282. The van der Waals surface area contributed by atoms with E-state index in [9.17, 15) is 9.59 Å². The van der Waals surface area contributed by atoms with Gasteiger partial charge in [0.15, 0.2) is 0 Å². The summed E-state index contributed by atoms with van der Waals surface area (Å²) in [5.74, 6) is 5.40. The molecule has 4 fully saturated rings. The van der Waals surface area contributed by atoms with Gasteiger partial charge in [-0.05, 0) is 81.3 Å². The number of thioether (sulfide) groups is 1. The molecule has 4 bridgehead atoms. The van der Waals surface area contributed by atoms with E-state index in [1.165, 1.54) is 31.0 Å². The second-order valence-electron chi connectivity index (χ2n) is 9.92. The topological polar surface area (TPSA) is 58.2 Å². The van der Waals surface area contributed by atoms with Gasteiger partial charge in [-0.25, -0.2) is 0 Å². The quantitative estimate of drug-likeness (QED) is 0.453. The maximum absolute atomic E-state index is 13.0. The summed E-state index contributed by atoms with van der Waals surface area (Å²) in [7, 11) is 0. The van der Waals surface area contributed by atoms with E-state index >= 15 is 0 Å². The number of carbonyl (C=O) groups excluding carboxylic acids is 2. The highest BCUT2D eigenvalue weighted by atomic mass is 32.2. The summed E-state index contributed by atoms with van der Waals surface area (Å²) < 4.78 is 0. The van der Waals surface area contributed by atoms with Crippen molar-refractivity contribution in [2.24, 2.45) is 17.8 Å². The van der Waals surface area contributed by atoms with Gasteiger partial charge in [0.2, 0.25) is 5.91 Å². The minimum absolute atomic E-state index is 0.0257. The van der Waals surface area contributed by atoms with Gasteiger partial charge in [0, 0.05) is 10.4 Å². The lowest BCUT2D eigenvalue weighted by molar-refractivity contribution is -0.124. The molecular formula is C26H34N2O2S. The second-order valence-corrected chi connectivity index (χ2v) is 10.9. The average Bonchev–Trinajstić information content (AvgIpc) is 2.75. The van der Waals surface area contributed by atoms with Crippen molar-refractivity contribution in [3.05, 3.63) is 29.8 Å². The van der Waals surface area contributed by atoms with Crippen LogP contribution in [0.15, 0.2) is 29.2 Å². The highest BCUT2D eigenvalue weighted by Crippen LogP contribution is 2.55. The second kappa shape index (κ2) is 8.90. The van der Waals surface area contributed by atoms with Crippen molar-refractivity contribution >= 4 is 23.6 Å². The van der Waals surface area contributed by atoms with Crippen LogP contribution in [0.5, 0.6) is 0 Å². The van der Waals surface area contributed by atoms with Crippen LogP contribution in [0, 0.1) is 30.1 Å². The first-order valence-electron chi connectivity index (χ1n) is 11.7. The molecule has 0 atom stereocenters. The van der Waals surface area contributed by atoms with E-state index in [0.717, 1.165) is 41.9 Å². The highest BCUT2D eigenvalue weighted by molar-refractivity contribution is 8.00. The molecule has 2 amide bonds. The van der Waals surface area contributed by atoms with E-state index in [1.54, 1.807) is 6.07 Å². The Kier molecular flexibility index (Phi) is 6.40. The van der Waals surface area contributed by atoms with Gasteiger partial charge in [0.1, 0.15) is 5.54 Å². The Bertz CT molecular complexity index is 848. The fourth-order valence-electron chi connectivity index (χ4n) is 6.47. The molecule has 0 spiro atoms. The Morgan fingerprint density at radius 3 is 2.23 bits per heavy atom. The lowest BCUT2D eigenvalue weighted by Gasteiger charge is -2.56. The van der Waals surface area contributed by atoms with Crippen LogP contribution in [0.4, 0.5) is 0 Å². The first-order chi connectivity index (χ1) is 14.9. The number of hydrogen-bond donors (Lipinski definition) is 2. The minimum Gasteiger partial charge on any atom is -0.350 e. The van der Waals surface area contributed by atoms with Gasteiger partial charge in [-0.3, -0.25) is 9.59 Å². The molecule has 0 aliphatic heterocycles. The van der Waals surface area contributed by atoms with Crippen LogP contribution < -0.4 is 10.6 Å². The number of nitrogens with one attached hydrogen (secondary N) is 2. The van der Waals surface area contributed by atoms with Crippen molar-refractivity contribution in [3.63, 3.8) is 0 Å². The average molecular weight is 439 g/mol. The van der Waals surface area contributed by atoms with E-state index in [1.807, 2.05) is 32.0 Å². The molecule has 1 aromatic carbocycles. The summed E-state index contributed by atoms with van der Waals surface area (Å²) in [6.45, 7) is 3.97. The Balaban J connectivity index is 1.39. The maximum atomic E-state index is 13.0. The predicted octanol–water partition coefficient (Wildman–Crippen LogP) is 4.79. The first kappa shape index (κ1) is 22.3. The van der Waals surface area contributed by atoms with Gasteiger partial charge >= 0.3 is 0 Å². The molecule has 0 unspecified atom stereocenters. The van der Waals surface area contributed by atoms with Crippen molar-refractivity contribution in [2.45, 2.75) is 81.2 Å². The zero-order chi connectivity index (χ0) is 22.1. The van der Waals surface area contributed by atoms with Gasteiger partial charge in [-0.1, -0.05) is 31.9 Å². The summed E-state index contributed by atoms with van der Waals surface area (Å²) in [4.78, 5) is 26.7.